The molecule has 0 unspecified atom stereocenters. The number of carbonyl (C=O) groups is 2. The van der Waals surface area contributed by atoms with Crippen LogP contribution in [-0.2, 0) is 22.5 Å². The van der Waals surface area contributed by atoms with Crippen molar-refractivity contribution in [3.8, 4) is 0 Å². The highest BCUT2D eigenvalue weighted by Crippen LogP contribution is 2.32. The third kappa shape index (κ3) is 5.24. The minimum Gasteiger partial charge on any atom is -0.444 e. The van der Waals surface area contributed by atoms with Gasteiger partial charge in [0.25, 0.3) is 0 Å². The molecule has 0 spiro atoms. The Kier molecular flexibility index (Phi) is 6.26. The first-order valence-electron chi connectivity index (χ1n) is 10.4. The number of rotatable bonds is 3. The molecule has 2 amide bonds. The fraction of sp³-hybridized carbons (Fsp3) is 0.682. The van der Waals surface area contributed by atoms with Crippen LogP contribution in [-0.4, -0.2) is 52.5 Å². The Morgan fingerprint density at radius 1 is 1.21 bits per heavy atom. The molecule has 28 heavy (non-hydrogen) atoms. The molecule has 6 nitrogen and oxygen atoms in total. The number of pyridine rings is 1. The summed E-state index contributed by atoms with van der Waals surface area (Å²) in [6.07, 6.45) is 8.13. The molecule has 154 valence electrons. The number of hydrogen-bond acceptors (Lipinski definition) is 4. The van der Waals surface area contributed by atoms with E-state index >= 15 is 0 Å². The minimum absolute atomic E-state index is 0.117. The van der Waals surface area contributed by atoms with Crippen LogP contribution in [0.1, 0.15) is 57.6 Å². The van der Waals surface area contributed by atoms with Crippen molar-refractivity contribution in [1.29, 1.82) is 0 Å². The maximum Gasteiger partial charge on any atom is 0.410 e. The second-order valence-corrected chi connectivity index (χ2v) is 9.23. The molecule has 6 heteroatoms. The molecule has 2 aliphatic rings. The second-order valence-electron chi connectivity index (χ2n) is 9.23. The smallest absolute Gasteiger partial charge is 0.410 e. The molecule has 1 saturated carbocycles. The van der Waals surface area contributed by atoms with Crippen LogP contribution in [0.15, 0.2) is 18.5 Å². The minimum atomic E-state index is -0.474. The standard InChI is InChI=1S/C22H33N3O3/c1-22(2,3)28-21(27)24(4)14-16-5-7-17(8-6-16)20(26)25-12-10-18-13-23-11-9-19(18)15-25/h9,11,13,16-17H,5-8,10,12,14-15H2,1-4H3. The average Bonchev–Trinajstić information content (AvgIpc) is 2.66. The van der Waals surface area contributed by atoms with Crippen LogP contribution < -0.4 is 0 Å². The molecule has 1 aliphatic heterocycles. The zero-order chi connectivity index (χ0) is 20.3. The van der Waals surface area contributed by atoms with Crippen molar-refractivity contribution >= 4 is 12.0 Å². The van der Waals surface area contributed by atoms with E-state index in [1.165, 1.54) is 11.1 Å². The average molecular weight is 388 g/mol. The van der Waals surface area contributed by atoms with E-state index in [2.05, 4.69) is 4.98 Å². The summed E-state index contributed by atoms with van der Waals surface area (Å²) in [6, 6.07) is 2.03. The van der Waals surface area contributed by atoms with E-state index in [-0.39, 0.29) is 12.0 Å². The summed E-state index contributed by atoms with van der Waals surface area (Å²) in [6.45, 7) is 7.83. The van der Waals surface area contributed by atoms with E-state index in [9.17, 15) is 9.59 Å². The lowest BCUT2D eigenvalue weighted by molar-refractivity contribution is -0.137. The normalized spacial score (nSPS) is 22.4. The molecular formula is C22H33N3O3. The van der Waals surface area contributed by atoms with Gasteiger partial charge >= 0.3 is 6.09 Å². The van der Waals surface area contributed by atoms with Crippen molar-refractivity contribution in [2.75, 3.05) is 20.1 Å². The van der Waals surface area contributed by atoms with Crippen LogP contribution in [0.25, 0.3) is 0 Å². The van der Waals surface area contributed by atoms with Crippen LogP contribution in [0.3, 0.4) is 0 Å². The first-order valence-corrected chi connectivity index (χ1v) is 10.4. The third-order valence-corrected chi connectivity index (χ3v) is 5.76. The van der Waals surface area contributed by atoms with Gasteiger partial charge in [-0.1, -0.05) is 0 Å². The molecule has 0 radical (unpaired) electrons. The van der Waals surface area contributed by atoms with Crippen LogP contribution in [0.4, 0.5) is 4.79 Å². The fourth-order valence-corrected chi connectivity index (χ4v) is 4.22. The molecule has 0 bridgehead atoms. The summed E-state index contributed by atoms with van der Waals surface area (Å²) in [5.41, 5.74) is 2.01. The Hall–Kier alpha value is -2.11. The zero-order valence-electron chi connectivity index (χ0n) is 17.6. The summed E-state index contributed by atoms with van der Waals surface area (Å²) in [4.78, 5) is 33.0. The number of carbonyl (C=O) groups excluding carboxylic acids is 2. The molecule has 0 N–H and O–H groups in total. The largest absolute Gasteiger partial charge is 0.444 e. The monoisotopic (exact) mass is 387 g/mol. The van der Waals surface area contributed by atoms with E-state index in [4.69, 9.17) is 4.74 Å². The van der Waals surface area contributed by atoms with Gasteiger partial charge in [-0.05, 0) is 76.0 Å². The lowest BCUT2D eigenvalue weighted by Gasteiger charge is -2.35. The molecular weight excluding hydrogens is 354 g/mol. The molecule has 0 atom stereocenters. The summed E-state index contributed by atoms with van der Waals surface area (Å²) >= 11 is 0. The van der Waals surface area contributed by atoms with Crippen LogP contribution in [0, 0.1) is 11.8 Å². The number of nitrogens with zero attached hydrogens (tertiary/aromatic N) is 3. The molecule has 1 aromatic rings. The van der Waals surface area contributed by atoms with E-state index in [1.807, 2.05) is 37.9 Å². The van der Waals surface area contributed by atoms with Gasteiger partial charge < -0.3 is 14.5 Å². The topological polar surface area (TPSA) is 62.7 Å². The molecule has 1 aliphatic carbocycles. The number of ether oxygens (including phenoxy) is 1. The summed E-state index contributed by atoms with van der Waals surface area (Å²) in [5, 5.41) is 0. The van der Waals surface area contributed by atoms with Gasteiger partial charge in [0.2, 0.25) is 5.91 Å². The van der Waals surface area contributed by atoms with Gasteiger partial charge in [-0.15, -0.1) is 0 Å². The zero-order valence-corrected chi connectivity index (χ0v) is 17.6. The molecule has 0 aromatic carbocycles. The van der Waals surface area contributed by atoms with Crippen molar-refractivity contribution in [3.63, 3.8) is 0 Å². The Labute approximate surface area is 168 Å². The van der Waals surface area contributed by atoms with Gasteiger partial charge in [-0.2, -0.15) is 0 Å². The second kappa shape index (κ2) is 8.50. The van der Waals surface area contributed by atoms with E-state index in [0.717, 1.165) is 38.6 Å². The van der Waals surface area contributed by atoms with Crippen molar-refractivity contribution < 1.29 is 14.3 Å². The van der Waals surface area contributed by atoms with E-state index in [0.29, 0.717) is 24.9 Å². The highest BCUT2D eigenvalue weighted by Gasteiger charge is 2.32. The Morgan fingerprint density at radius 3 is 2.61 bits per heavy atom. The van der Waals surface area contributed by atoms with Gasteiger partial charge in [-0.25, -0.2) is 4.79 Å². The SMILES string of the molecule is CN(CC1CCC(C(=O)N2CCc3cnccc3C2)CC1)C(=O)OC(C)(C)C. The van der Waals surface area contributed by atoms with Crippen LogP contribution in [0.5, 0.6) is 0 Å². The summed E-state index contributed by atoms with van der Waals surface area (Å²) in [7, 11) is 1.80. The molecule has 0 saturated heterocycles. The van der Waals surface area contributed by atoms with Gasteiger partial charge in [0.05, 0.1) is 0 Å². The summed E-state index contributed by atoms with van der Waals surface area (Å²) in [5.74, 6) is 0.850. The number of amides is 2. The van der Waals surface area contributed by atoms with Crippen LogP contribution >= 0.6 is 0 Å². The fourth-order valence-electron chi connectivity index (χ4n) is 4.22. The number of fused-ring (bicyclic) bond motifs is 1. The lowest BCUT2D eigenvalue weighted by atomic mass is 9.81. The van der Waals surface area contributed by atoms with Gasteiger partial charge in [0.15, 0.2) is 0 Å². The van der Waals surface area contributed by atoms with E-state index in [1.54, 1.807) is 18.1 Å². The quantitative estimate of drug-likeness (QED) is 0.794. The predicted molar refractivity (Wildman–Crippen MR) is 108 cm³/mol. The summed E-state index contributed by atoms with van der Waals surface area (Å²) < 4.78 is 5.43. The van der Waals surface area contributed by atoms with Gasteiger partial charge in [0, 0.05) is 45.0 Å². The van der Waals surface area contributed by atoms with Crippen molar-refractivity contribution in [3.05, 3.63) is 29.6 Å². The predicted octanol–water partition coefficient (Wildman–Crippen LogP) is 3.64. The van der Waals surface area contributed by atoms with E-state index < -0.39 is 5.60 Å². The van der Waals surface area contributed by atoms with Gasteiger partial charge in [-0.3, -0.25) is 9.78 Å². The maximum absolute atomic E-state index is 13.0. The maximum atomic E-state index is 13.0. The first-order chi connectivity index (χ1) is 13.2. The number of aromatic nitrogens is 1. The highest BCUT2D eigenvalue weighted by molar-refractivity contribution is 5.79. The Balaban J connectivity index is 1.46. The Bertz CT molecular complexity index is 705. The van der Waals surface area contributed by atoms with Crippen molar-refractivity contribution in [2.24, 2.45) is 11.8 Å². The molecule has 2 heterocycles. The number of hydrogen-bond donors (Lipinski definition) is 0. The molecule has 1 aromatic heterocycles. The van der Waals surface area contributed by atoms with Crippen molar-refractivity contribution in [2.45, 2.75) is 65.0 Å². The van der Waals surface area contributed by atoms with Crippen molar-refractivity contribution in [1.82, 2.24) is 14.8 Å². The third-order valence-electron chi connectivity index (χ3n) is 5.76. The highest BCUT2D eigenvalue weighted by atomic mass is 16.6. The first kappa shape index (κ1) is 20.6. The molecule has 3 rings (SSSR count). The lowest BCUT2D eigenvalue weighted by Crippen LogP contribution is -2.42. The van der Waals surface area contributed by atoms with Gasteiger partial charge in [0.1, 0.15) is 5.60 Å². The molecule has 1 fully saturated rings. The Morgan fingerprint density at radius 2 is 1.93 bits per heavy atom. The van der Waals surface area contributed by atoms with Crippen LogP contribution in [0.2, 0.25) is 0 Å².